The van der Waals surface area contributed by atoms with Crippen LogP contribution in [0, 0.1) is 6.92 Å². The fourth-order valence-electron chi connectivity index (χ4n) is 2.63. The number of hydrogen-bond donors (Lipinski definition) is 2. The Kier molecular flexibility index (Phi) is 2.17. The van der Waals surface area contributed by atoms with Gasteiger partial charge in [-0.15, -0.1) is 0 Å². The highest BCUT2D eigenvalue weighted by molar-refractivity contribution is 5.85. The summed E-state index contributed by atoms with van der Waals surface area (Å²) >= 11 is 0. The Hall–Kier alpha value is -1.85. The molecule has 17 heavy (non-hydrogen) atoms. The molecule has 2 aliphatic heterocycles. The molecule has 0 amide bonds. The van der Waals surface area contributed by atoms with Gasteiger partial charge in [-0.05, 0) is 19.8 Å². The first-order valence-electron chi connectivity index (χ1n) is 5.78. The van der Waals surface area contributed by atoms with Crippen LogP contribution in [-0.4, -0.2) is 40.2 Å². The van der Waals surface area contributed by atoms with Crippen LogP contribution in [0.3, 0.4) is 0 Å². The monoisotopic (exact) mass is 234 g/mol. The van der Waals surface area contributed by atoms with Gasteiger partial charge in [0, 0.05) is 19.1 Å². The van der Waals surface area contributed by atoms with Gasteiger partial charge in [0.15, 0.2) is 5.82 Å². The van der Waals surface area contributed by atoms with Crippen molar-refractivity contribution in [1.29, 1.82) is 0 Å². The third kappa shape index (κ3) is 1.60. The molecule has 3 heterocycles. The summed E-state index contributed by atoms with van der Waals surface area (Å²) in [5, 5.41) is 12.3. The SMILES string of the molecule is Cc1nc(C(=O)O)nc2c1N1CCC[C@@H](C1)N2. The van der Waals surface area contributed by atoms with Crippen LogP contribution in [0.2, 0.25) is 0 Å². The van der Waals surface area contributed by atoms with E-state index in [1.807, 2.05) is 6.92 Å². The number of hydrogen-bond acceptors (Lipinski definition) is 5. The second-order valence-corrected chi connectivity index (χ2v) is 4.56. The Labute approximate surface area is 98.7 Å². The van der Waals surface area contributed by atoms with E-state index >= 15 is 0 Å². The van der Waals surface area contributed by atoms with Gasteiger partial charge in [-0.3, -0.25) is 0 Å². The molecule has 0 aliphatic carbocycles. The molecule has 0 saturated carbocycles. The first-order chi connectivity index (χ1) is 8.15. The van der Waals surface area contributed by atoms with E-state index in [4.69, 9.17) is 5.11 Å². The maximum absolute atomic E-state index is 10.9. The number of rotatable bonds is 1. The molecule has 0 radical (unpaired) electrons. The minimum atomic E-state index is -1.08. The summed E-state index contributed by atoms with van der Waals surface area (Å²) in [6.07, 6.45) is 2.26. The predicted octanol–water partition coefficient (Wildman–Crippen LogP) is 0.878. The van der Waals surface area contributed by atoms with Gasteiger partial charge in [0.2, 0.25) is 5.82 Å². The van der Waals surface area contributed by atoms with E-state index in [0.29, 0.717) is 11.9 Å². The Bertz CT molecular complexity index is 489. The van der Waals surface area contributed by atoms with Crippen molar-refractivity contribution in [3.05, 3.63) is 11.5 Å². The normalized spacial score (nSPS) is 21.7. The van der Waals surface area contributed by atoms with Gasteiger partial charge in [0.25, 0.3) is 0 Å². The largest absolute Gasteiger partial charge is 0.475 e. The lowest BCUT2D eigenvalue weighted by atomic mass is 10.0. The quantitative estimate of drug-likeness (QED) is 0.751. The smallest absolute Gasteiger partial charge is 0.374 e. The Morgan fingerprint density at radius 1 is 1.53 bits per heavy atom. The van der Waals surface area contributed by atoms with E-state index in [1.165, 1.54) is 0 Å². The lowest BCUT2D eigenvalue weighted by molar-refractivity contribution is 0.0683. The number of carboxylic acids is 1. The van der Waals surface area contributed by atoms with Crippen molar-refractivity contribution in [1.82, 2.24) is 9.97 Å². The Balaban J connectivity index is 2.11. The highest BCUT2D eigenvalue weighted by atomic mass is 16.4. The second kappa shape index (κ2) is 3.58. The van der Waals surface area contributed by atoms with E-state index in [-0.39, 0.29) is 5.82 Å². The van der Waals surface area contributed by atoms with E-state index in [1.54, 1.807) is 0 Å². The number of carboxylic acid groups (broad SMARTS) is 1. The molecule has 0 spiro atoms. The minimum Gasteiger partial charge on any atom is -0.475 e. The van der Waals surface area contributed by atoms with E-state index < -0.39 is 5.97 Å². The first kappa shape index (κ1) is 10.3. The van der Waals surface area contributed by atoms with Crippen LogP contribution in [0.15, 0.2) is 0 Å². The van der Waals surface area contributed by atoms with Crippen molar-refractivity contribution in [3.8, 4) is 0 Å². The zero-order valence-electron chi connectivity index (χ0n) is 9.60. The van der Waals surface area contributed by atoms with Crippen LogP contribution in [0.1, 0.15) is 29.2 Å². The number of carbonyl (C=O) groups is 1. The third-order valence-corrected chi connectivity index (χ3v) is 3.33. The average molecular weight is 234 g/mol. The van der Waals surface area contributed by atoms with Gasteiger partial charge >= 0.3 is 5.97 Å². The lowest BCUT2D eigenvalue weighted by Crippen LogP contribution is -2.47. The van der Waals surface area contributed by atoms with Crippen LogP contribution >= 0.6 is 0 Å². The summed E-state index contributed by atoms with van der Waals surface area (Å²) in [4.78, 5) is 21.3. The van der Waals surface area contributed by atoms with E-state index in [9.17, 15) is 4.79 Å². The fraction of sp³-hybridized carbons (Fsp3) is 0.545. The maximum atomic E-state index is 10.9. The predicted molar refractivity (Wildman–Crippen MR) is 62.6 cm³/mol. The zero-order chi connectivity index (χ0) is 12.0. The molecule has 90 valence electrons. The van der Waals surface area contributed by atoms with Crippen LogP contribution in [-0.2, 0) is 0 Å². The van der Waals surface area contributed by atoms with Crippen molar-refractivity contribution in [2.45, 2.75) is 25.8 Å². The van der Waals surface area contributed by atoms with E-state index in [0.717, 1.165) is 37.3 Å². The summed E-state index contributed by atoms with van der Waals surface area (Å²) in [6, 6.07) is 0.382. The molecule has 1 atom stereocenters. The molecule has 6 heteroatoms. The van der Waals surface area contributed by atoms with Gasteiger partial charge < -0.3 is 15.3 Å². The van der Waals surface area contributed by atoms with Gasteiger partial charge in [0.1, 0.15) is 5.69 Å². The second-order valence-electron chi connectivity index (χ2n) is 4.56. The minimum absolute atomic E-state index is 0.130. The van der Waals surface area contributed by atoms with Gasteiger partial charge in [-0.1, -0.05) is 0 Å². The number of nitrogens with zero attached hydrogens (tertiary/aromatic N) is 3. The molecule has 1 aromatic heterocycles. The van der Waals surface area contributed by atoms with Crippen molar-refractivity contribution < 1.29 is 9.90 Å². The molecule has 3 rings (SSSR count). The van der Waals surface area contributed by atoms with Crippen molar-refractivity contribution >= 4 is 17.5 Å². The Morgan fingerprint density at radius 2 is 2.35 bits per heavy atom. The molecule has 0 unspecified atom stereocenters. The molecule has 1 fully saturated rings. The number of piperidine rings is 1. The fourth-order valence-corrected chi connectivity index (χ4v) is 2.63. The highest BCUT2D eigenvalue weighted by Gasteiger charge is 2.31. The number of aromatic carboxylic acids is 1. The van der Waals surface area contributed by atoms with Crippen molar-refractivity contribution in [3.63, 3.8) is 0 Å². The molecular weight excluding hydrogens is 220 g/mol. The molecule has 1 aromatic rings. The summed E-state index contributed by atoms with van der Waals surface area (Å²) in [5.74, 6) is -0.538. The summed E-state index contributed by atoms with van der Waals surface area (Å²) in [6.45, 7) is 3.80. The zero-order valence-corrected chi connectivity index (χ0v) is 9.60. The summed E-state index contributed by atoms with van der Waals surface area (Å²) in [5.41, 5.74) is 1.70. The third-order valence-electron chi connectivity index (χ3n) is 3.33. The van der Waals surface area contributed by atoms with Crippen LogP contribution < -0.4 is 10.2 Å². The van der Waals surface area contributed by atoms with Crippen LogP contribution in [0.25, 0.3) is 0 Å². The first-order valence-corrected chi connectivity index (χ1v) is 5.78. The summed E-state index contributed by atoms with van der Waals surface area (Å²) < 4.78 is 0. The maximum Gasteiger partial charge on any atom is 0.374 e. The number of fused-ring (bicyclic) bond motifs is 4. The molecule has 2 aliphatic rings. The lowest BCUT2D eigenvalue weighted by Gasteiger charge is -2.41. The molecule has 0 aromatic carbocycles. The van der Waals surface area contributed by atoms with Crippen LogP contribution in [0.4, 0.5) is 11.5 Å². The van der Waals surface area contributed by atoms with E-state index in [2.05, 4.69) is 20.2 Å². The van der Waals surface area contributed by atoms with Gasteiger partial charge in [0.05, 0.1) is 5.69 Å². The van der Waals surface area contributed by atoms with Gasteiger partial charge in [-0.2, -0.15) is 0 Å². The molecular formula is C11H14N4O2. The molecule has 2 bridgehead atoms. The number of nitrogens with one attached hydrogen (secondary N) is 1. The van der Waals surface area contributed by atoms with Crippen molar-refractivity contribution in [2.24, 2.45) is 0 Å². The van der Waals surface area contributed by atoms with Crippen molar-refractivity contribution in [2.75, 3.05) is 23.3 Å². The van der Waals surface area contributed by atoms with Gasteiger partial charge in [-0.25, -0.2) is 14.8 Å². The molecule has 2 N–H and O–H groups in total. The molecule has 1 saturated heterocycles. The average Bonchev–Trinajstić information content (AvgIpc) is 2.28. The molecule has 6 nitrogen and oxygen atoms in total. The number of anilines is 2. The Morgan fingerprint density at radius 3 is 3.12 bits per heavy atom. The summed E-state index contributed by atoms with van der Waals surface area (Å²) in [7, 11) is 0. The highest BCUT2D eigenvalue weighted by Crippen LogP contribution is 2.34. The number of aromatic nitrogens is 2. The standard InChI is InChI=1S/C11H14N4O2/c1-6-8-9(14-10(12-6)11(16)17)13-7-3-2-4-15(8)5-7/h7H,2-5H2,1H3,(H,16,17)(H,12,13,14)/t7-/m0/s1. The number of aryl methyl sites for hydroxylation is 1. The van der Waals surface area contributed by atoms with Crippen LogP contribution in [0.5, 0.6) is 0 Å². The topological polar surface area (TPSA) is 78.3 Å².